The predicted octanol–water partition coefficient (Wildman–Crippen LogP) is 3.38. The van der Waals surface area contributed by atoms with E-state index in [4.69, 9.17) is 4.74 Å². The zero-order valence-electron chi connectivity index (χ0n) is 13.9. The predicted molar refractivity (Wildman–Crippen MR) is 94.8 cm³/mol. The molecule has 2 aromatic rings. The number of nitrogens with zero attached hydrogens (tertiary/aromatic N) is 2. The van der Waals surface area contributed by atoms with Crippen LogP contribution in [0.1, 0.15) is 24.2 Å². The third-order valence-corrected chi connectivity index (χ3v) is 5.77. The number of amides is 1. The summed E-state index contributed by atoms with van der Waals surface area (Å²) < 4.78 is 5.64. The molecular formula is C18H21N3O2S. The number of nitrogens with one attached hydrogen (secondary N) is 1. The van der Waals surface area contributed by atoms with Gasteiger partial charge in [0, 0.05) is 35.3 Å². The second-order valence-corrected chi connectivity index (χ2v) is 8.07. The van der Waals surface area contributed by atoms with Crippen molar-refractivity contribution in [3.8, 4) is 0 Å². The fourth-order valence-corrected chi connectivity index (χ4v) is 4.35. The molecule has 5 nitrogen and oxygen atoms in total. The Labute approximate surface area is 145 Å². The number of aromatic nitrogens is 1. The van der Waals surface area contributed by atoms with Crippen molar-refractivity contribution in [2.45, 2.75) is 19.9 Å². The van der Waals surface area contributed by atoms with Crippen LogP contribution >= 0.6 is 11.3 Å². The Kier molecular flexibility index (Phi) is 3.81. The molecule has 2 aliphatic heterocycles. The third-order valence-electron chi connectivity index (χ3n) is 5.09. The summed E-state index contributed by atoms with van der Waals surface area (Å²) in [5.41, 5.74) is 1.70. The topological polar surface area (TPSA) is 54.5 Å². The van der Waals surface area contributed by atoms with Gasteiger partial charge in [-0.2, -0.15) is 0 Å². The Morgan fingerprint density at radius 3 is 3.08 bits per heavy atom. The highest BCUT2D eigenvalue weighted by Gasteiger charge is 2.51. The van der Waals surface area contributed by atoms with E-state index in [0.717, 1.165) is 24.0 Å². The second kappa shape index (κ2) is 5.86. The van der Waals surface area contributed by atoms with Gasteiger partial charge in [-0.3, -0.25) is 4.79 Å². The molecule has 6 heteroatoms. The van der Waals surface area contributed by atoms with Crippen molar-refractivity contribution in [2.75, 3.05) is 25.1 Å². The number of anilines is 2. The molecule has 2 fully saturated rings. The van der Waals surface area contributed by atoms with Gasteiger partial charge in [-0.1, -0.05) is 19.9 Å². The molecule has 1 aromatic heterocycles. The zero-order chi connectivity index (χ0) is 16.7. The zero-order valence-corrected chi connectivity index (χ0v) is 14.7. The van der Waals surface area contributed by atoms with E-state index < -0.39 is 0 Å². The lowest BCUT2D eigenvalue weighted by atomic mass is 9.80. The normalized spacial score (nSPS) is 24.8. The minimum absolute atomic E-state index is 0.0869. The van der Waals surface area contributed by atoms with Crippen LogP contribution < -0.4 is 5.32 Å². The fraction of sp³-hybridized carbons (Fsp3) is 0.444. The molecule has 0 bridgehead atoms. The summed E-state index contributed by atoms with van der Waals surface area (Å²) in [4.78, 5) is 19.3. The van der Waals surface area contributed by atoms with Crippen molar-refractivity contribution >= 4 is 28.1 Å². The maximum atomic E-state index is 13.1. The van der Waals surface area contributed by atoms with Crippen molar-refractivity contribution in [1.29, 1.82) is 0 Å². The first kappa shape index (κ1) is 15.6. The highest BCUT2D eigenvalue weighted by Crippen LogP contribution is 2.43. The Morgan fingerprint density at radius 1 is 1.42 bits per heavy atom. The van der Waals surface area contributed by atoms with Gasteiger partial charge in [0.05, 0.1) is 19.3 Å². The van der Waals surface area contributed by atoms with Crippen molar-refractivity contribution in [3.63, 3.8) is 0 Å². The molecule has 1 N–H and O–H groups in total. The Morgan fingerprint density at radius 2 is 2.29 bits per heavy atom. The summed E-state index contributed by atoms with van der Waals surface area (Å²) >= 11 is 1.54. The van der Waals surface area contributed by atoms with Crippen LogP contribution in [0.4, 0.5) is 10.8 Å². The molecule has 0 unspecified atom stereocenters. The summed E-state index contributed by atoms with van der Waals surface area (Å²) in [5, 5.41) is 5.99. The third kappa shape index (κ3) is 2.70. The molecule has 2 aliphatic rings. The number of rotatable bonds is 3. The van der Waals surface area contributed by atoms with E-state index in [1.165, 1.54) is 11.3 Å². The molecule has 4 rings (SSSR count). The van der Waals surface area contributed by atoms with Gasteiger partial charge in [-0.15, -0.1) is 11.3 Å². The van der Waals surface area contributed by atoms with Crippen molar-refractivity contribution in [3.05, 3.63) is 41.4 Å². The Balaban J connectivity index is 1.56. The van der Waals surface area contributed by atoms with E-state index in [1.54, 1.807) is 6.20 Å². The summed E-state index contributed by atoms with van der Waals surface area (Å²) in [6.07, 6.45) is 1.76. The smallest absolute Gasteiger partial charge is 0.254 e. The molecule has 1 amide bonds. The van der Waals surface area contributed by atoms with E-state index in [0.29, 0.717) is 18.1 Å². The van der Waals surface area contributed by atoms with Crippen LogP contribution in [0.25, 0.3) is 0 Å². The average molecular weight is 343 g/mol. The standard InChI is InChI=1S/C18H21N3O2S/c1-18(2)11-21(15-10-23-9-14(15)18)16(22)12-4-3-5-13(8-12)20-17-19-6-7-24-17/h3-8,14-15H,9-11H2,1-2H3,(H,19,20)/t14-,15+/m1/s1. The molecule has 2 saturated heterocycles. The van der Waals surface area contributed by atoms with Gasteiger partial charge in [0.2, 0.25) is 0 Å². The molecule has 0 saturated carbocycles. The van der Waals surface area contributed by atoms with Gasteiger partial charge in [-0.25, -0.2) is 4.98 Å². The maximum Gasteiger partial charge on any atom is 0.254 e. The minimum atomic E-state index is 0.0869. The number of fused-ring (bicyclic) bond motifs is 1. The van der Waals surface area contributed by atoms with Crippen LogP contribution in [0.3, 0.4) is 0 Å². The Bertz CT molecular complexity index is 744. The van der Waals surface area contributed by atoms with Crippen molar-refractivity contribution in [2.24, 2.45) is 11.3 Å². The second-order valence-electron chi connectivity index (χ2n) is 7.18. The summed E-state index contributed by atoms with van der Waals surface area (Å²) in [6.45, 7) is 6.65. The van der Waals surface area contributed by atoms with Crippen molar-refractivity contribution < 1.29 is 9.53 Å². The molecule has 0 aliphatic carbocycles. The maximum absolute atomic E-state index is 13.1. The van der Waals surface area contributed by atoms with Crippen LogP contribution in [-0.2, 0) is 4.74 Å². The van der Waals surface area contributed by atoms with Gasteiger partial charge in [0.1, 0.15) is 0 Å². The fourth-order valence-electron chi connectivity index (χ4n) is 3.80. The monoisotopic (exact) mass is 343 g/mol. The number of hydrogen-bond donors (Lipinski definition) is 1. The lowest BCUT2D eigenvalue weighted by Gasteiger charge is -2.24. The molecule has 0 spiro atoms. The van der Waals surface area contributed by atoms with Crippen LogP contribution in [-0.4, -0.2) is 41.6 Å². The first-order chi connectivity index (χ1) is 11.5. The van der Waals surface area contributed by atoms with Gasteiger partial charge >= 0.3 is 0 Å². The van der Waals surface area contributed by atoms with Crippen LogP contribution in [0, 0.1) is 11.3 Å². The van der Waals surface area contributed by atoms with Gasteiger partial charge < -0.3 is 15.0 Å². The Hall–Kier alpha value is -1.92. The highest BCUT2D eigenvalue weighted by atomic mass is 32.1. The summed E-state index contributed by atoms with van der Waals surface area (Å²) in [6, 6.07) is 7.84. The molecular weight excluding hydrogens is 322 g/mol. The van der Waals surface area contributed by atoms with E-state index in [-0.39, 0.29) is 17.4 Å². The summed E-state index contributed by atoms with van der Waals surface area (Å²) in [5.74, 6) is 0.516. The van der Waals surface area contributed by atoms with E-state index in [1.807, 2.05) is 34.5 Å². The number of carbonyl (C=O) groups is 1. The lowest BCUT2D eigenvalue weighted by Crippen LogP contribution is -2.38. The number of carbonyl (C=O) groups excluding carboxylic acids is 1. The molecule has 126 valence electrons. The van der Waals surface area contributed by atoms with E-state index >= 15 is 0 Å². The first-order valence-electron chi connectivity index (χ1n) is 8.20. The van der Waals surface area contributed by atoms with Crippen LogP contribution in [0.2, 0.25) is 0 Å². The number of benzene rings is 1. The van der Waals surface area contributed by atoms with Gasteiger partial charge in [0.25, 0.3) is 5.91 Å². The molecule has 3 heterocycles. The van der Waals surface area contributed by atoms with E-state index in [9.17, 15) is 4.79 Å². The molecule has 0 radical (unpaired) electrons. The molecule has 24 heavy (non-hydrogen) atoms. The first-order valence-corrected chi connectivity index (χ1v) is 9.08. The number of hydrogen-bond acceptors (Lipinski definition) is 5. The number of ether oxygens (including phenoxy) is 1. The molecule has 1 aromatic carbocycles. The number of thiazole rings is 1. The highest BCUT2D eigenvalue weighted by molar-refractivity contribution is 7.13. The van der Waals surface area contributed by atoms with Crippen LogP contribution in [0.5, 0.6) is 0 Å². The van der Waals surface area contributed by atoms with Gasteiger partial charge in [0.15, 0.2) is 5.13 Å². The van der Waals surface area contributed by atoms with E-state index in [2.05, 4.69) is 24.1 Å². The van der Waals surface area contributed by atoms with Crippen molar-refractivity contribution in [1.82, 2.24) is 9.88 Å². The minimum Gasteiger partial charge on any atom is -0.379 e. The molecule has 2 atom stereocenters. The average Bonchev–Trinajstić information content (AvgIpc) is 3.27. The lowest BCUT2D eigenvalue weighted by molar-refractivity contribution is 0.0665. The quantitative estimate of drug-likeness (QED) is 0.928. The number of likely N-dealkylation sites (tertiary alicyclic amines) is 1. The van der Waals surface area contributed by atoms with Crippen LogP contribution in [0.15, 0.2) is 35.8 Å². The summed E-state index contributed by atoms with van der Waals surface area (Å²) in [7, 11) is 0. The largest absolute Gasteiger partial charge is 0.379 e. The SMILES string of the molecule is CC1(C)CN(C(=O)c2cccc(Nc3nccs3)c2)[C@H]2COC[C@H]21. The van der Waals surface area contributed by atoms with Gasteiger partial charge in [-0.05, 0) is 23.6 Å².